The molecule has 0 radical (unpaired) electrons. The van der Waals surface area contributed by atoms with Gasteiger partial charge in [0.25, 0.3) is 5.56 Å². The maximum absolute atomic E-state index is 11.6. The fourth-order valence-electron chi connectivity index (χ4n) is 2.25. The van der Waals surface area contributed by atoms with Crippen LogP contribution in [0.2, 0.25) is 0 Å². The number of rotatable bonds is 5. The van der Waals surface area contributed by atoms with E-state index in [1.165, 1.54) is 0 Å². The van der Waals surface area contributed by atoms with Gasteiger partial charge in [-0.25, -0.2) is 0 Å². The van der Waals surface area contributed by atoms with Crippen LogP contribution in [0.15, 0.2) is 29.2 Å². The molecule has 0 spiro atoms. The van der Waals surface area contributed by atoms with Crippen LogP contribution in [0.25, 0.3) is 0 Å². The summed E-state index contributed by atoms with van der Waals surface area (Å²) in [5.74, 6) is 0. The molecule has 1 aliphatic rings. The Labute approximate surface area is 116 Å². The SMILES string of the molecule is O=c1ccccn1CCN1CCN(CCBr)CC1. The maximum atomic E-state index is 11.6. The first kappa shape index (κ1) is 13.8. The summed E-state index contributed by atoms with van der Waals surface area (Å²) in [7, 11) is 0. The molecule has 4 nitrogen and oxygen atoms in total. The number of nitrogens with zero attached hydrogens (tertiary/aromatic N) is 3. The van der Waals surface area contributed by atoms with Crippen LogP contribution in [-0.2, 0) is 6.54 Å². The Bertz CT molecular complexity index is 413. The van der Waals surface area contributed by atoms with Crippen molar-refractivity contribution in [2.45, 2.75) is 6.54 Å². The van der Waals surface area contributed by atoms with Gasteiger partial charge in [-0.2, -0.15) is 0 Å². The van der Waals surface area contributed by atoms with E-state index >= 15 is 0 Å². The van der Waals surface area contributed by atoms with E-state index in [9.17, 15) is 4.79 Å². The molecular formula is C13H20BrN3O. The van der Waals surface area contributed by atoms with E-state index in [0.29, 0.717) is 0 Å². The van der Waals surface area contributed by atoms with Crippen LogP contribution in [0.4, 0.5) is 0 Å². The second-order valence-electron chi connectivity index (χ2n) is 4.60. The summed E-state index contributed by atoms with van der Waals surface area (Å²) in [4.78, 5) is 16.5. The van der Waals surface area contributed by atoms with Gasteiger partial charge in [0.2, 0.25) is 0 Å². The van der Waals surface area contributed by atoms with Crippen molar-refractivity contribution in [3.05, 3.63) is 34.7 Å². The Morgan fingerprint density at radius 3 is 2.28 bits per heavy atom. The molecule has 1 aromatic rings. The van der Waals surface area contributed by atoms with Crippen molar-refractivity contribution < 1.29 is 0 Å². The minimum Gasteiger partial charge on any atom is -0.314 e. The first-order valence-electron chi connectivity index (χ1n) is 6.46. The van der Waals surface area contributed by atoms with E-state index in [2.05, 4.69) is 25.7 Å². The Morgan fingerprint density at radius 2 is 1.67 bits per heavy atom. The zero-order chi connectivity index (χ0) is 12.8. The molecule has 0 aromatic carbocycles. The number of pyridine rings is 1. The van der Waals surface area contributed by atoms with Crippen LogP contribution in [0.5, 0.6) is 0 Å². The lowest BCUT2D eigenvalue weighted by atomic mass is 10.3. The molecule has 0 bridgehead atoms. The van der Waals surface area contributed by atoms with Gasteiger partial charge in [-0.3, -0.25) is 14.6 Å². The van der Waals surface area contributed by atoms with Crippen molar-refractivity contribution in [1.82, 2.24) is 14.4 Å². The third-order valence-electron chi connectivity index (χ3n) is 3.42. The van der Waals surface area contributed by atoms with Crippen LogP contribution in [0.3, 0.4) is 0 Å². The fourth-order valence-corrected chi connectivity index (χ4v) is 2.75. The minimum atomic E-state index is 0.0930. The Balaban J connectivity index is 1.76. The number of aromatic nitrogens is 1. The maximum Gasteiger partial charge on any atom is 0.250 e. The quantitative estimate of drug-likeness (QED) is 0.755. The first-order chi connectivity index (χ1) is 8.79. The van der Waals surface area contributed by atoms with Gasteiger partial charge in [0.05, 0.1) is 0 Å². The van der Waals surface area contributed by atoms with Gasteiger partial charge in [-0.15, -0.1) is 0 Å². The van der Waals surface area contributed by atoms with Crippen LogP contribution in [0, 0.1) is 0 Å². The molecule has 0 saturated carbocycles. The molecule has 0 N–H and O–H groups in total. The summed E-state index contributed by atoms with van der Waals surface area (Å²) in [5, 5.41) is 1.05. The van der Waals surface area contributed by atoms with Gasteiger partial charge in [0, 0.05) is 63.4 Å². The summed E-state index contributed by atoms with van der Waals surface area (Å²) in [6.07, 6.45) is 1.86. The highest BCUT2D eigenvalue weighted by Crippen LogP contribution is 2.02. The number of hydrogen-bond donors (Lipinski definition) is 0. The van der Waals surface area contributed by atoms with Crippen molar-refractivity contribution in [2.24, 2.45) is 0 Å². The van der Waals surface area contributed by atoms with Gasteiger partial charge in [0.15, 0.2) is 0 Å². The van der Waals surface area contributed by atoms with Crippen molar-refractivity contribution >= 4 is 15.9 Å². The third-order valence-corrected chi connectivity index (χ3v) is 3.78. The van der Waals surface area contributed by atoms with E-state index in [4.69, 9.17) is 0 Å². The number of alkyl halides is 1. The Morgan fingerprint density at radius 1 is 1.00 bits per heavy atom. The second-order valence-corrected chi connectivity index (χ2v) is 5.40. The van der Waals surface area contributed by atoms with E-state index in [0.717, 1.165) is 51.1 Å². The lowest BCUT2D eigenvalue weighted by Gasteiger charge is -2.34. The standard InChI is InChI=1S/C13H20BrN3O/c14-4-6-15-7-9-16(10-8-15)11-12-17-5-2-1-3-13(17)18/h1-3,5H,4,6-12H2. The predicted octanol–water partition coefficient (Wildman–Crippen LogP) is 0.861. The summed E-state index contributed by atoms with van der Waals surface area (Å²) in [5.41, 5.74) is 0.0930. The number of piperazine rings is 1. The molecule has 5 heteroatoms. The van der Waals surface area contributed by atoms with E-state index in [1.807, 2.05) is 12.3 Å². The van der Waals surface area contributed by atoms with E-state index in [-0.39, 0.29) is 5.56 Å². The number of hydrogen-bond acceptors (Lipinski definition) is 3. The Kier molecular flexibility index (Phi) is 5.41. The average Bonchev–Trinajstić information content (AvgIpc) is 2.40. The second kappa shape index (κ2) is 7.07. The molecule has 100 valence electrons. The first-order valence-corrected chi connectivity index (χ1v) is 7.58. The largest absolute Gasteiger partial charge is 0.314 e. The molecule has 1 fully saturated rings. The summed E-state index contributed by atoms with van der Waals surface area (Å²) >= 11 is 3.48. The lowest BCUT2D eigenvalue weighted by molar-refractivity contribution is 0.135. The molecule has 2 heterocycles. The highest BCUT2D eigenvalue weighted by atomic mass is 79.9. The zero-order valence-electron chi connectivity index (χ0n) is 10.6. The zero-order valence-corrected chi connectivity index (χ0v) is 12.2. The van der Waals surface area contributed by atoms with Crippen LogP contribution in [-0.4, -0.2) is 59.0 Å². The molecule has 1 aliphatic heterocycles. The van der Waals surface area contributed by atoms with Crippen LogP contribution in [0.1, 0.15) is 0 Å². The van der Waals surface area contributed by atoms with Gasteiger partial charge in [-0.05, 0) is 6.07 Å². The topological polar surface area (TPSA) is 28.5 Å². The van der Waals surface area contributed by atoms with Crippen molar-refractivity contribution in [2.75, 3.05) is 44.6 Å². The summed E-state index contributed by atoms with van der Waals surface area (Å²) in [6, 6.07) is 5.32. The van der Waals surface area contributed by atoms with E-state index < -0.39 is 0 Å². The molecule has 1 saturated heterocycles. The number of halogens is 1. The van der Waals surface area contributed by atoms with Gasteiger partial charge >= 0.3 is 0 Å². The minimum absolute atomic E-state index is 0.0930. The highest BCUT2D eigenvalue weighted by Gasteiger charge is 2.15. The molecule has 0 unspecified atom stereocenters. The monoisotopic (exact) mass is 313 g/mol. The highest BCUT2D eigenvalue weighted by molar-refractivity contribution is 9.09. The van der Waals surface area contributed by atoms with Crippen molar-refractivity contribution in [1.29, 1.82) is 0 Å². The third kappa shape index (κ3) is 3.93. The average molecular weight is 314 g/mol. The van der Waals surface area contributed by atoms with Crippen molar-refractivity contribution in [3.63, 3.8) is 0 Å². The molecule has 2 rings (SSSR count). The van der Waals surface area contributed by atoms with Crippen LogP contribution < -0.4 is 5.56 Å². The molecule has 0 amide bonds. The van der Waals surface area contributed by atoms with Gasteiger partial charge in [0.1, 0.15) is 0 Å². The molecule has 0 atom stereocenters. The fraction of sp³-hybridized carbons (Fsp3) is 0.615. The lowest BCUT2D eigenvalue weighted by Crippen LogP contribution is -2.47. The van der Waals surface area contributed by atoms with Gasteiger partial charge in [-0.1, -0.05) is 22.0 Å². The summed E-state index contributed by atoms with van der Waals surface area (Å²) < 4.78 is 1.78. The Hall–Kier alpha value is -0.650. The smallest absolute Gasteiger partial charge is 0.250 e. The van der Waals surface area contributed by atoms with Gasteiger partial charge < -0.3 is 4.57 Å². The normalized spacial score (nSPS) is 18.1. The van der Waals surface area contributed by atoms with Crippen LogP contribution >= 0.6 is 15.9 Å². The van der Waals surface area contributed by atoms with E-state index in [1.54, 1.807) is 16.7 Å². The molecule has 18 heavy (non-hydrogen) atoms. The molecular weight excluding hydrogens is 294 g/mol. The van der Waals surface area contributed by atoms with Crippen molar-refractivity contribution in [3.8, 4) is 0 Å². The predicted molar refractivity (Wildman–Crippen MR) is 77.4 cm³/mol. The molecule has 0 aliphatic carbocycles. The molecule has 1 aromatic heterocycles. The summed E-state index contributed by atoms with van der Waals surface area (Å²) in [6.45, 7) is 7.36.